The molecule has 0 amide bonds. The highest BCUT2D eigenvalue weighted by Crippen LogP contribution is 2.33. The van der Waals surface area contributed by atoms with Crippen molar-refractivity contribution in [3.63, 3.8) is 0 Å². The molecule has 24 N–H and O–H groups in total. The summed E-state index contributed by atoms with van der Waals surface area (Å²) in [6, 6.07) is 53.0. The van der Waals surface area contributed by atoms with Crippen molar-refractivity contribution in [1.82, 2.24) is 43.6 Å². The number of carbonyl (C=O) groups excluding carboxylic acids is 10. The van der Waals surface area contributed by atoms with Crippen molar-refractivity contribution in [2.24, 2.45) is 65.7 Å². The Morgan fingerprint density at radius 3 is 1.01 bits per heavy atom. The largest absolute Gasteiger partial charge is 0.361 e. The summed E-state index contributed by atoms with van der Waals surface area (Å²) in [5.74, 6) is 0.0202. The molecule has 772 valence electrons. The van der Waals surface area contributed by atoms with E-state index >= 15 is 0 Å². The molecular weight excluding hydrogens is 2180 g/mol. The van der Waals surface area contributed by atoms with Gasteiger partial charge in [0.1, 0.15) is 52.0 Å². The standard InChI is InChI=1S/C14H16N2O2.C13H15BrN2O.C13H16N2O.3C12H13BrN2O.3C12H13ClN2O/c1-9(17)13(15)7-11-8-16(10(2)18)14-6-4-3-5-12(11)14;1-8(17)12(15)5-9-7-16(2)13-6-10(14)3-4-11(9)13;1-9(16)12(14)7-10-8-15(2)13-6-4-3-5-11(10)13;1-7(16)11(14)4-8-6-15-12-3-2-9(13)5-10(8)12;1-7(16)11(14)4-8-6-15-12-5-9(13)2-3-10(8)12;1-7(16)11(14)5-8-6-15-12-9(8)3-2-4-10(12)13;1-7(16)11(14)4-8-6-15-12-3-2-9(13)5-10(8)12;1-7(16)11(14)4-8-6-15-12-5-9(13)2-3-10(8)12;1-7(16)11(14)5-8-6-15-12-9(8)3-2-4-10(12)13/h3-6,8,13H,7,15H2,1-2H3;3-4,6-7,12H,5,15H2,1-2H3;3-6,8,12H,7,14H2,1-2H3;2*2-3,5-6,11,15H,4,14H2,1H3;2-4,6,11,15H,5,14H2,1H3;2*2-3,5-6,11,15H,4,14H2,1H3;2-4,6,11,15H,5,14H2,1H3/t13-;2*12-;6*11-/m000000000/s1. The summed E-state index contributed by atoms with van der Waals surface area (Å²) in [6.07, 6.45) is 22.2. The van der Waals surface area contributed by atoms with Crippen molar-refractivity contribution in [2.45, 2.75) is 181 Å². The zero-order valence-corrected chi connectivity index (χ0v) is 92.4. The zero-order valence-electron chi connectivity index (χ0n) is 83.8. The summed E-state index contributed by atoms with van der Waals surface area (Å²) in [5, 5.41) is 11.9. The first kappa shape index (κ1) is 117. The third-order valence-corrected chi connectivity index (χ3v) is 28.2. The molecule has 0 saturated carbocycles. The lowest BCUT2D eigenvalue weighted by Crippen LogP contribution is -2.30. The molecule has 35 heteroatoms. The average Bonchev–Trinajstić information content (AvgIpc) is 1.63. The molecule has 9 atom stereocenters. The van der Waals surface area contributed by atoms with Crippen LogP contribution in [0.15, 0.2) is 250 Å². The normalized spacial score (nSPS) is 12.9. The van der Waals surface area contributed by atoms with Gasteiger partial charge in [0.25, 0.3) is 0 Å². The molecule has 28 nitrogen and oxygen atoms in total. The van der Waals surface area contributed by atoms with Gasteiger partial charge in [0.2, 0.25) is 5.91 Å². The Balaban J connectivity index is 0.000000169. The number of Topliss-reactive ketones (excluding diaryl/α,β-unsaturated/α-hetero) is 9. The average molecular weight is 2310 g/mol. The Hall–Kier alpha value is -12.0. The van der Waals surface area contributed by atoms with E-state index < -0.39 is 54.4 Å². The third-order valence-electron chi connectivity index (χ3n) is 25.2. The van der Waals surface area contributed by atoms with E-state index in [1.165, 1.54) is 80.1 Å². The lowest BCUT2D eigenvalue weighted by molar-refractivity contribution is -0.118. The fourth-order valence-corrected chi connectivity index (χ4v) is 18.4. The van der Waals surface area contributed by atoms with Crippen molar-refractivity contribution < 1.29 is 47.9 Å². The Kier molecular flexibility index (Phi) is 43.1. The second kappa shape index (κ2) is 54.2. The molecule has 0 unspecified atom stereocenters. The van der Waals surface area contributed by atoms with Gasteiger partial charge < -0.3 is 90.6 Å². The molecule has 147 heavy (non-hydrogen) atoms. The van der Waals surface area contributed by atoms with E-state index in [0.29, 0.717) is 72.9 Å². The molecule has 0 fully saturated rings. The molecule has 0 aliphatic carbocycles. The molecule has 18 rings (SSSR count). The van der Waals surface area contributed by atoms with Gasteiger partial charge in [-0.1, -0.05) is 161 Å². The van der Waals surface area contributed by atoms with Gasteiger partial charge in [-0.05, 0) is 283 Å². The second-order valence-electron chi connectivity index (χ2n) is 36.5. The van der Waals surface area contributed by atoms with E-state index in [9.17, 15) is 47.9 Å². The summed E-state index contributed by atoms with van der Waals surface area (Å²) in [4.78, 5) is 131. The Morgan fingerprint density at radius 2 is 0.558 bits per heavy atom. The number of halogens is 7. The smallest absolute Gasteiger partial charge is 0.227 e. The van der Waals surface area contributed by atoms with Gasteiger partial charge in [-0.25, -0.2) is 0 Å². The van der Waals surface area contributed by atoms with Gasteiger partial charge in [0.05, 0.1) is 75.9 Å². The highest BCUT2D eigenvalue weighted by molar-refractivity contribution is 9.11. The molecule has 0 radical (unpaired) electrons. The number of carbonyl (C=O) groups is 10. The number of nitrogens with two attached hydrogens (primary N) is 9. The first-order chi connectivity index (χ1) is 69.6. The topological polar surface area (TPSA) is 514 Å². The summed E-state index contributed by atoms with van der Waals surface area (Å²) < 4.78 is 9.85. The van der Waals surface area contributed by atoms with Crippen LogP contribution in [0.2, 0.25) is 15.1 Å². The predicted octanol–water partition coefficient (Wildman–Crippen LogP) is 19.8. The first-order valence-corrected chi connectivity index (χ1v) is 51.6. The molecule has 0 saturated heterocycles. The molecule has 9 aromatic heterocycles. The number of aromatic amines is 6. The SMILES string of the molecule is CC(=O)[C@@H](N)Cc1c[nH]c2c(Br)cccc12.CC(=O)[C@@H](N)Cc1c[nH]c2c(Cl)cccc12.CC(=O)[C@@H](N)Cc1c[nH]c2cc(Br)ccc12.CC(=O)[C@@H](N)Cc1c[nH]c2cc(Cl)ccc12.CC(=O)[C@@H](N)Cc1c[nH]c2ccc(Br)cc12.CC(=O)[C@@H](N)Cc1c[nH]c2ccc(Cl)cc12.CC(=O)[C@@H](N)Cc1cn(C(C)=O)c2ccccc12.CC(=O)[C@@H](N)Cc1cn(C)c2cc(Br)ccc12.CC(=O)[C@@H](N)Cc1cn(C)c2ccccc12. The molecule has 18 aromatic rings. The van der Waals surface area contributed by atoms with Crippen LogP contribution in [0.25, 0.3) is 98.1 Å². The lowest BCUT2D eigenvalue weighted by Gasteiger charge is -2.06. The minimum Gasteiger partial charge on any atom is -0.361 e. The number of fused-ring (bicyclic) bond motifs is 9. The Labute approximate surface area is 900 Å². The van der Waals surface area contributed by atoms with Crippen LogP contribution in [0.4, 0.5) is 0 Å². The number of rotatable bonds is 27. The molecular formula is C112H125Br4Cl3N18O10. The van der Waals surface area contributed by atoms with Crippen LogP contribution < -0.4 is 51.6 Å². The highest BCUT2D eigenvalue weighted by atomic mass is 79.9. The van der Waals surface area contributed by atoms with Crippen molar-refractivity contribution in [1.29, 1.82) is 0 Å². The number of hydrogen-bond acceptors (Lipinski definition) is 19. The van der Waals surface area contributed by atoms with Gasteiger partial charge in [-0.3, -0.25) is 52.5 Å². The van der Waals surface area contributed by atoms with Crippen LogP contribution >= 0.6 is 98.5 Å². The maximum absolute atomic E-state index is 11.6. The van der Waals surface area contributed by atoms with Gasteiger partial charge in [0, 0.05) is 186 Å². The summed E-state index contributed by atoms with van der Waals surface area (Å²) in [6.45, 7) is 15.2. The fourth-order valence-electron chi connectivity index (χ4n) is 16.3. The van der Waals surface area contributed by atoms with Crippen molar-refractivity contribution in [3.8, 4) is 0 Å². The summed E-state index contributed by atoms with van der Waals surface area (Å²) in [5.41, 5.74) is 70.7. The van der Waals surface area contributed by atoms with E-state index in [1.807, 2.05) is 215 Å². The van der Waals surface area contributed by atoms with E-state index in [2.05, 4.69) is 127 Å². The first-order valence-electron chi connectivity index (χ1n) is 47.3. The molecule has 0 spiro atoms. The molecule has 0 bridgehead atoms. The number of benzene rings is 9. The minimum absolute atomic E-state index is 0.00307. The maximum atomic E-state index is 11.6. The number of ketones is 9. The zero-order chi connectivity index (χ0) is 108. The number of aromatic nitrogens is 9. The van der Waals surface area contributed by atoms with Gasteiger partial charge in [-0.15, -0.1) is 0 Å². The number of H-pyrrole nitrogens is 6. The van der Waals surface area contributed by atoms with E-state index in [4.69, 9.17) is 86.4 Å². The summed E-state index contributed by atoms with van der Waals surface area (Å²) in [7, 11) is 4.00. The Bertz CT molecular complexity index is 7420. The molecule has 0 aliphatic rings. The number of para-hydroxylation sites is 4. The number of aryl methyl sites for hydroxylation is 2. The van der Waals surface area contributed by atoms with Crippen molar-refractivity contribution in [2.75, 3.05) is 0 Å². The van der Waals surface area contributed by atoms with Crippen LogP contribution in [0.5, 0.6) is 0 Å². The minimum atomic E-state index is -0.517. The second-order valence-corrected chi connectivity index (χ2v) is 41.4. The molecule has 9 aromatic carbocycles. The van der Waals surface area contributed by atoms with Crippen LogP contribution in [-0.2, 0) is 115 Å². The van der Waals surface area contributed by atoms with Crippen molar-refractivity contribution >= 4 is 255 Å². The number of hydrogen-bond donors (Lipinski definition) is 15. The summed E-state index contributed by atoms with van der Waals surface area (Å²) >= 11 is 31.6. The number of nitrogens with one attached hydrogen (secondary N) is 6. The monoisotopic (exact) mass is 2300 g/mol. The van der Waals surface area contributed by atoms with Crippen molar-refractivity contribution in [3.05, 3.63) is 315 Å². The van der Waals surface area contributed by atoms with E-state index in [0.717, 1.165) is 155 Å². The quantitative estimate of drug-likeness (QED) is 0.0227. The molecule has 9 heterocycles. The van der Waals surface area contributed by atoms with E-state index in [-0.39, 0.29) is 58.0 Å². The van der Waals surface area contributed by atoms with Gasteiger partial charge in [-0.2, -0.15) is 0 Å². The van der Waals surface area contributed by atoms with Crippen LogP contribution in [0.1, 0.15) is 124 Å². The van der Waals surface area contributed by atoms with Gasteiger partial charge in [0.15, 0.2) is 0 Å². The number of nitrogens with zero attached hydrogens (tertiary/aromatic N) is 3. The van der Waals surface area contributed by atoms with Gasteiger partial charge >= 0.3 is 0 Å². The third kappa shape index (κ3) is 32.3. The fraction of sp³-hybridized carbons (Fsp3) is 0.268. The van der Waals surface area contributed by atoms with E-state index in [1.54, 1.807) is 10.8 Å². The lowest BCUT2D eigenvalue weighted by atomic mass is 10.0. The Morgan fingerprint density at radius 1 is 0.265 bits per heavy atom. The van der Waals surface area contributed by atoms with Crippen LogP contribution in [0, 0.1) is 0 Å². The maximum Gasteiger partial charge on any atom is 0.227 e. The molecule has 0 aliphatic heterocycles. The highest BCUT2D eigenvalue weighted by Gasteiger charge is 2.23. The van der Waals surface area contributed by atoms with Crippen LogP contribution in [0.3, 0.4) is 0 Å². The predicted molar refractivity (Wildman–Crippen MR) is 611 cm³/mol. The van der Waals surface area contributed by atoms with Crippen LogP contribution in [-0.4, -0.2) is 156 Å².